The summed E-state index contributed by atoms with van der Waals surface area (Å²) in [5, 5.41) is 4.24. The highest BCUT2D eigenvalue weighted by Gasteiger charge is 2.21. The van der Waals surface area contributed by atoms with Crippen molar-refractivity contribution in [1.29, 1.82) is 0 Å². The molecule has 0 aliphatic heterocycles. The quantitative estimate of drug-likeness (QED) is 0.618. The minimum Gasteiger partial charge on any atom is -0.296 e. The van der Waals surface area contributed by atoms with Crippen molar-refractivity contribution in [3.8, 4) is 0 Å². The predicted octanol–water partition coefficient (Wildman–Crippen LogP) is 1.34. The highest BCUT2D eigenvalue weighted by atomic mass is 15.3. The van der Waals surface area contributed by atoms with Gasteiger partial charge in [-0.15, -0.1) is 0 Å². The Kier molecular flexibility index (Phi) is 1.94. The summed E-state index contributed by atoms with van der Waals surface area (Å²) in [7, 11) is 1.78. The van der Waals surface area contributed by atoms with Crippen LogP contribution < -0.4 is 0 Å². The van der Waals surface area contributed by atoms with Crippen molar-refractivity contribution in [1.82, 2.24) is 9.78 Å². The molecular weight excluding hydrogens is 150 g/mol. The second-order valence-corrected chi connectivity index (χ2v) is 3.33. The first-order valence-electron chi connectivity index (χ1n) is 4.33. The van der Waals surface area contributed by atoms with E-state index in [1.54, 1.807) is 7.05 Å². The van der Waals surface area contributed by atoms with Gasteiger partial charge >= 0.3 is 0 Å². The van der Waals surface area contributed by atoms with E-state index >= 15 is 0 Å². The van der Waals surface area contributed by atoms with E-state index in [0.29, 0.717) is 0 Å². The van der Waals surface area contributed by atoms with Gasteiger partial charge < -0.3 is 0 Å². The van der Waals surface area contributed by atoms with Crippen LogP contribution in [0.3, 0.4) is 0 Å². The fourth-order valence-corrected chi connectivity index (χ4v) is 1.26. The van der Waals surface area contributed by atoms with Crippen molar-refractivity contribution >= 4 is 6.21 Å². The number of rotatable bonds is 3. The molecule has 1 heterocycles. The molecule has 0 N–H and O–H groups in total. The molecule has 2 rings (SSSR count). The summed E-state index contributed by atoms with van der Waals surface area (Å²) in [6, 6.07) is 0. The van der Waals surface area contributed by atoms with Crippen LogP contribution in [0.5, 0.6) is 0 Å². The fourth-order valence-electron chi connectivity index (χ4n) is 1.26. The van der Waals surface area contributed by atoms with Crippen LogP contribution in [0.25, 0.3) is 0 Å². The number of nitrogens with zero attached hydrogens (tertiary/aromatic N) is 3. The summed E-state index contributed by atoms with van der Waals surface area (Å²) in [6.07, 6.45) is 8.48. The Morgan fingerprint density at radius 3 is 3.25 bits per heavy atom. The molecular formula is C9H13N3. The van der Waals surface area contributed by atoms with Crippen molar-refractivity contribution in [2.24, 2.45) is 10.9 Å². The summed E-state index contributed by atoms with van der Waals surface area (Å²) in [5.74, 6) is 0.885. The van der Waals surface area contributed by atoms with Crippen LogP contribution in [0.15, 0.2) is 17.4 Å². The lowest BCUT2D eigenvalue weighted by Gasteiger charge is -1.95. The van der Waals surface area contributed by atoms with Gasteiger partial charge in [0.1, 0.15) is 0 Å². The maximum absolute atomic E-state index is 4.24. The van der Waals surface area contributed by atoms with E-state index in [4.69, 9.17) is 0 Å². The molecule has 12 heavy (non-hydrogen) atoms. The average Bonchev–Trinajstić information content (AvgIpc) is 2.74. The summed E-state index contributed by atoms with van der Waals surface area (Å²) >= 11 is 0. The van der Waals surface area contributed by atoms with Crippen molar-refractivity contribution < 1.29 is 0 Å². The molecule has 64 valence electrons. The van der Waals surface area contributed by atoms with Crippen LogP contribution in [0, 0.1) is 5.92 Å². The van der Waals surface area contributed by atoms with Crippen molar-refractivity contribution in [2.75, 3.05) is 7.05 Å². The second kappa shape index (κ2) is 3.09. The zero-order valence-corrected chi connectivity index (χ0v) is 7.27. The fraction of sp³-hybridized carbons (Fsp3) is 0.556. The summed E-state index contributed by atoms with van der Waals surface area (Å²) in [4.78, 5) is 3.94. The van der Waals surface area contributed by atoms with Gasteiger partial charge in [0.05, 0.1) is 6.20 Å². The summed E-state index contributed by atoms with van der Waals surface area (Å²) in [5.41, 5.74) is 1.10. The Bertz CT molecular complexity index is 284. The standard InChI is InChI=1S/C9H13N3/c1-10-4-9-5-11-12(7-9)6-8-2-3-8/h4-5,7-8H,2-3,6H2,1H3/b10-4+. The maximum Gasteiger partial charge on any atom is 0.0577 e. The van der Waals surface area contributed by atoms with Gasteiger partial charge in [-0.3, -0.25) is 9.67 Å². The minimum absolute atomic E-state index is 0.885. The van der Waals surface area contributed by atoms with Crippen molar-refractivity contribution in [3.05, 3.63) is 18.0 Å². The molecule has 1 aromatic heterocycles. The van der Waals surface area contributed by atoms with E-state index in [2.05, 4.69) is 10.1 Å². The predicted molar refractivity (Wildman–Crippen MR) is 48.5 cm³/mol. The Morgan fingerprint density at radius 1 is 1.75 bits per heavy atom. The average molecular weight is 163 g/mol. The third kappa shape index (κ3) is 1.72. The molecule has 0 radical (unpaired) electrons. The molecule has 0 aromatic carbocycles. The molecule has 3 heteroatoms. The molecule has 1 aliphatic carbocycles. The first-order valence-corrected chi connectivity index (χ1v) is 4.33. The Labute approximate surface area is 72.1 Å². The molecule has 1 aromatic rings. The first-order chi connectivity index (χ1) is 5.88. The highest BCUT2D eigenvalue weighted by Crippen LogP contribution is 2.30. The van der Waals surface area contributed by atoms with E-state index in [1.807, 2.05) is 23.3 Å². The van der Waals surface area contributed by atoms with Crippen LogP contribution in [0.1, 0.15) is 18.4 Å². The first kappa shape index (κ1) is 7.53. The zero-order chi connectivity index (χ0) is 8.39. The third-order valence-electron chi connectivity index (χ3n) is 2.07. The van der Waals surface area contributed by atoms with Crippen LogP contribution >= 0.6 is 0 Å². The molecule has 0 amide bonds. The Balaban J connectivity index is 2.01. The largest absolute Gasteiger partial charge is 0.296 e. The maximum atomic E-state index is 4.24. The van der Waals surface area contributed by atoms with Gasteiger partial charge in [-0.1, -0.05) is 0 Å². The van der Waals surface area contributed by atoms with Crippen LogP contribution in [0.2, 0.25) is 0 Å². The normalized spacial score (nSPS) is 17.4. The topological polar surface area (TPSA) is 30.2 Å². The van der Waals surface area contributed by atoms with E-state index in [1.165, 1.54) is 12.8 Å². The van der Waals surface area contributed by atoms with E-state index in [-0.39, 0.29) is 0 Å². The lowest BCUT2D eigenvalue weighted by atomic mass is 10.4. The zero-order valence-electron chi connectivity index (χ0n) is 7.27. The number of hydrogen-bond donors (Lipinski definition) is 0. The molecule has 0 atom stereocenters. The van der Waals surface area contributed by atoms with E-state index < -0.39 is 0 Å². The molecule has 1 aliphatic rings. The van der Waals surface area contributed by atoms with Gasteiger partial charge in [0, 0.05) is 31.6 Å². The van der Waals surface area contributed by atoms with Crippen molar-refractivity contribution in [2.45, 2.75) is 19.4 Å². The van der Waals surface area contributed by atoms with Gasteiger partial charge in [0.15, 0.2) is 0 Å². The van der Waals surface area contributed by atoms with Crippen LogP contribution in [0.4, 0.5) is 0 Å². The third-order valence-corrected chi connectivity index (χ3v) is 2.07. The van der Waals surface area contributed by atoms with Crippen LogP contribution in [-0.4, -0.2) is 23.0 Å². The highest BCUT2D eigenvalue weighted by molar-refractivity contribution is 5.78. The van der Waals surface area contributed by atoms with Gasteiger partial charge in [0.2, 0.25) is 0 Å². The molecule has 0 bridgehead atoms. The number of aromatic nitrogens is 2. The van der Waals surface area contributed by atoms with Gasteiger partial charge in [-0.2, -0.15) is 5.10 Å². The number of aliphatic imine (C=N–C) groups is 1. The smallest absolute Gasteiger partial charge is 0.0577 e. The molecule has 0 saturated heterocycles. The van der Waals surface area contributed by atoms with E-state index in [9.17, 15) is 0 Å². The molecule has 1 saturated carbocycles. The lowest BCUT2D eigenvalue weighted by molar-refractivity contribution is 0.563. The van der Waals surface area contributed by atoms with Gasteiger partial charge in [-0.25, -0.2) is 0 Å². The summed E-state index contributed by atoms with van der Waals surface area (Å²) < 4.78 is 2.01. The van der Waals surface area contributed by atoms with Gasteiger partial charge in [0.25, 0.3) is 0 Å². The SMILES string of the molecule is C/N=C/c1cnn(CC2CC2)c1. The van der Waals surface area contributed by atoms with Crippen molar-refractivity contribution in [3.63, 3.8) is 0 Å². The summed E-state index contributed by atoms with van der Waals surface area (Å²) in [6.45, 7) is 1.08. The van der Waals surface area contributed by atoms with Gasteiger partial charge in [-0.05, 0) is 18.8 Å². The Hall–Kier alpha value is -1.12. The molecule has 0 unspecified atom stereocenters. The van der Waals surface area contributed by atoms with E-state index in [0.717, 1.165) is 18.0 Å². The number of hydrogen-bond acceptors (Lipinski definition) is 2. The minimum atomic E-state index is 0.885. The second-order valence-electron chi connectivity index (χ2n) is 3.33. The Morgan fingerprint density at radius 2 is 2.58 bits per heavy atom. The lowest BCUT2D eigenvalue weighted by Crippen LogP contribution is -1.99. The molecule has 0 spiro atoms. The van der Waals surface area contributed by atoms with Crippen LogP contribution in [-0.2, 0) is 6.54 Å². The molecule has 1 fully saturated rings. The molecule has 3 nitrogen and oxygen atoms in total. The monoisotopic (exact) mass is 163 g/mol.